The molecule has 13 heavy (non-hydrogen) atoms. The first kappa shape index (κ1) is 10.1. The molecule has 0 radical (unpaired) electrons. The van der Waals surface area contributed by atoms with E-state index in [0.717, 1.165) is 11.3 Å². The summed E-state index contributed by atoms with van der Waals surface area (Å²) in [4.78, 5) is 11.3. The van der Waals surface area contributed by atoms with E-state index in [1.54, 1.807) is 6.07 Å². The molecular formula is C10H13O2S+. The van der Waals surface area contributed by atoms with E-state index in [4.69, 9.17) is 0 Å². The first-order valence-electron chi connectivity index (χ1n) is 4.01. The second kappa shape index (κ2) is 4.92. The predicted octanol–water partition coefficient (Wildman–Crippen LogP) is 1.42. The van der Waals surface area contributed by atoms with Gasteiger partial charge in [-0.15, -0.1) is 0 Å². The summed E-state index contributed by atoms with van der Waals surface area (Å²) in [5.74, 6) is 0.643. The predicted molar refractivity (Wildman–Crippen MR) is 56.2 cm³/mol. The zero-order chi connectivity index (χ0) is 9.68. The van der Waals surface area contributed by atoms with Gasteiger partial charge in [-0.25, -0.2) is 4.79 Å². The quantitative estimate of drug-likeness (QED) is 0.416. The van der Waals surface area contributed by atoms with Crippen LogP contribution in [0.4, 0.5) is 0 Å². The molecule has 3 heteroatoms. The Balaban J connectivity index is 2.97. The van der Waals surface area contributed by atoms with E-state index in [0.29, 0.717) is 5.56 Å². The smallest absolute Gasteiger partial charge is 0.338 e. The Kier molecular flexibility index (Phi) is 3.83. The number of carbonyl (C=O) groups excluding carboxylic acids is 1. The average molecular weight is 197 g/mol. The van der Waals surface area contributed by atoms with Crippen LogP contribution in [0.3, 0.4) is 0 Å². The van der Waals surface area contributed by atoms with Gasteiger partial charge in [0.05, 0.1) is 18.9 Å². The van der Waals surface area contributed by atoms with Gasteiger partial charge >= 0.3 is 5.97 Å². The van der Waals surface area contributed by atoms with Gasteiger partial charge in [0.1, 0.15) is 5.75 Å². The lowest BCUT2D eigenvalue weighted by Gasteiger charge is -2.02. The van der Waals surface area contributed by atoms with Crippen LogP contribution < -0.4 is 0 Å². The molecule has 0 bridgehead atoms. The minimum absolute atomic E-state index is 0.251. The fourth-order valence-corrected chi connectivity index (χ4v) is 1.75. The van der Waals surface area contributed by atoms with Crippen LogP contribution in [0, 0.1) is 0 Å². The highest BCUT2D eigenvalue weighted by Gasteiger charge is 2.11. The Morgan fingerprint density at radius 3 is 2.77 bits per heavy atom. The van der Waals surface area contributed by atoms with Crippen molar-refractivity contribution < 1.29 is 9.53 Å². The van der Waals surface area contributed by atoms with Crippen molar-refractivity contribution in [3.05, 3.63) is 35.4 Å². The number of hydrogen-bond donors (Lipinski definition) is 0. The van der Waals surface area contributed by atoms with E-state index in [1.807, 2.05) is 18.2 Å². The molecule has 0 fully saturated rings. The van der Waals surface area contributed by atoms with Crippen LogP contribution in [0.1, 0.15) is 15.9 Å². The molecule has 1 aromatic carbocycles. The maximum atomic E-state index is 11.3. The van der Waals surface area contributed by atoms with Gasteiger partial charge in [-0.3, -0.25) is 0 Å². The Morgan fingerprint density at radius 2 is 2.15 bits per heavy atom. The molecule has 0 aliphatic rings. The first-order valence-corrected chi connectivity index (χ1v) is 5.54. The molecular weight excluding hydrogens is 184 g/mol. The molecule has 70 valence electrons. The summed E-state index contributed by atoms with van der Waals surface area (Å²) in [6.45, 7) is 0. The lowest BCUT2D eigenvalue weighted by atomic mass is 10.1. The molecule has 0 aliphatic carbocycles. The highest BCUT2D eigenvalue weighted by atomic mass is 32.2. The summed E-state index contributed by atoms with van der Waals surface area (Å²) >= 11 is 1.25. The van der Waals surface area contributed by atoms with Crippen LogP contribution in [-0.4, -0.2) is 19.3 Å². The van der Waals surface area contributed by atoms with E-state index in [1.165, 1.54) is 18.9 Å². The zero-order valence-corrected chi connectivity index (χ0v) is 8.67. The maximum absolute atomic E-state index is 11.3. The minimum atomic E-state index is -0.251. The highest BCUT2D eigenvalue weighted by molar-refractivity contribution is 7.76. The van der Waals surface area contributed by atoms with Crippen molar-refractivity contribution in [3.63, 3.8) is 0 Å². The van der Waals surface area contributed by atoms with Gasteiger partial charge in [-0.05, 0) is 17.8 Å². The summed E-state index contributed by atoms with van der Waals surface area (Å²) in [7, 11) is 1.41. The van der Waals surface area contributed by atoms with E-state index in [-0.39, 0.29) is 5.97 Å². The SMILES string of the molecule is COC(=O)c1ccccc1C[SH+]C. The molecule has 0 heterocycles. The van der Waals surface area contributed by atoms with Gasteiger partial charge in [0.15, 0.2) is 0 Å². The number of hydrogen-bond acceptors (Lipinski definition) is 2. The minimum Gasteiger partial charge on any atom is -0.465 e. The van der Waals surface area contributed by atoms with Crippen molar-refractivity contribution in [1.29, 1.82) is 0 Å². The van der Waals surface area contributed by atoms with Gasteiger partial charge in [-0.2, -0.15) is 0 Å². The van der Waals surface area contributed by atoms with Crippen molar-refractivity contribution in [2.75, 3.05) is 13.4 Å². The van der Waals surface area contributed by atoms with Crippen molar-refractivity contribution in [2.45, 2.75) is 5.75 Å². The Morgan fingerprint density at radius 1 is 1.46 bits per heavy atom. The van der Waals surface area contributed by atoms with Gasteiger partial charge in [-0.1, -0.05) is 18.2 Å². The summed E-state index contributed by atoms with van der Waals surface area (Å²) < 4.78 is 4.68. The van der Waals surface area contributed by atoms with Gasteiger partial charge in [0.25, 0.3) is 0 Å². The molecule has 0 aliphatic heterocycles. The summed E-state index contributed by atoms with van der Waals surface area (Å²) in [5, 5.41) is 0. The maximum Gasteiger partial charge on any atom is 0.338 e. The van der Waals surface area contributed by atoms with E-state index in [2.05, 4.69) is 11.0 Å². The van der Waals surface area contributed by atoms with E-state index < -0.39 is 0 Å². The lowest BCUT2D eigenvalue weighted by molar-refractivity contribution is 0.0600. The van der Waals surface area contributed by atoms with Crippen LogP contribution in [0.15, 0.2) is 24.3 Å². The number of thiol groups is 1. The third-order valence-electron chi connectivity index (χ3n) is 1.75. The molecule has 0 atom stereocenters. The van der Waals surface area contributed by atoms with Gasteiger partial charge in [0, 0.05) is 5.56 Å². The molecule has 0 saturated carbocycles. The first-order chi connectivity index (χ1) is 6.29. The largest absolute Gasteiger partial charge is 0.465 e. The van der Waals surface area contributed by atoms with Crippen LogP contribution in [-0.2, 0) is 22.3 Å². The molecule has 1 rings (SSSR count). The fourth-order valence-electron chi connectivity index (χ4n) is 1.14. The summed E-state index contributed by atoms with van der Waals surface area (Å²) in [6, 6.07) is 7.55. The Labute approximate surface area is 82.3 Å². The third-order valence-corrected chi connectivity index (χ3v) is 2.41. The fraction of sp³-hybridized carbons (Fsp3) is 0.300. The Hall–Kier alpha value is -0.960. The molecule has 0 amide bonds. The van der Waals surface area contributed by atoms with Crippen molar-refractivity contribution in [3.8, 4) is 0 Å². The van der Waals surface area contributed by atoms with Crippen molar-refractivity contribution in [1.82, 2.24) is 0 Å². The average Bonchev–Trinajstić information content (AvgIpc) is 2.18. The van der Waals surface area contributed by atoms with Crippen LogP contribution in [0.5, 0.6) is 0 Å². The lowest BCUT2D eigenvalue weighted by Crippen LogP contribution is -2.05. The monoisotopic (exact) mass is 197 g/mol. The summed E-state index contributed by atoms with van der Waals surface area (Å²) in [5.41, 5.74) is 1.73. The molecule has 0 saturated heterocycles. The normalized spacial score (nSPS) is 9.69. The molecule has 0 N–H and O–H groups in total. The van der Waals surface area contributed by atoms with E-state index >= 15 is 0 Å². The number of rotatable bonds is 3. The topological polar surface area (TPSA) is 26.3 Å². The molecule has 0 unspecified atom stereocenters. The molecule has 2 nitrogen and oxygen atoms in total. The molecule has 0 aromatic heterocycles. The number of ether oxygens (including phenoxy) is 1. The summed E-state index contributed by atoms with van der Waals surface area (Å²) in [6.07, 6.45) is 2.06. The van der Waals surface area contributed by atoms with Crippen LogP contribution in [0.2, 0.25) is 0 Å². The number of benzene rings is 1. The highest BCUT2D eigenvalue weighted by Crippen LogP contribution is 2.10. The number of esters is 1. The zero-order valence-electron chi connectivity index (χ0n) is 7.78. The van der Waals surface area contributed by atoms with Gasteiger partial charge in [0.2, 0.25) is 0 Å². The standard InChI is InChI=1S/C10H12O2S/c1-12-10(11)9-6-4-3-5-8(9)7-13-2/h3-6H,7H2,1-2H3/p+1. The molecule has 0 spiro atoms. The van der Waals surface area contributed by atoms with Crippen molar-refractivity contribution >= 4 is 17.7 Å². The third kappa shape index (κ3) is 2.49. The number of methoxy groups -OCH3 is 1. The second-order valence-corrected chi connectivity index (χ2v) is 3.57. The Bertz CT molecular complexity index is 297. The number of carbonyl (C=O) groups is 1. The molecule has 1 aromatic rings. The van der Waals surface area contributed by atoms with Crippen molar-refractivity contribution in [2.24, 2.45) is 0 Å². The van der Waals surface area contributed by atoms with Gasteiger partial charge < -0.3 is 4.74 Å². The second-order valence-electron chi connectivity index (χ2n) is 2.62. The van der Waals surface area contributed by atoms with Crippen LogP contribution in [0.25, 0.3) is 0 Å². The van der Waals surface area contributed by atoms with E-state index in [9.17, 15) is 4.79 Å². The van der Waals surface area contributed by atoms with Crippen LogP contribution >= 0.6 is 0 Å².